The molecule has 1 rings (SSSR count). The highest BCUT2D eigenvalue weighted by molar-refractivity contribution is 5.84. The summed E-state index contributed by atoms with van der Waals surface area (Å²) in [6.45, 7) is 2.11. The first-order valence-corrected chi connectivity index (χ1v) is 5.52. The van der Waals surface area contributed by atoms with Crippen molar-refractivity contribution in [3.05, 3.63) is 0 Å². The number of ether oxygens (including phenoxy) is 1. The zero-order valence-electron chi connectivity index (χ0n) is 9.78. The molecule has 1 aliphatic rings. The molecular weight excluding hydrogens is 210 g/mol. The first-order chi connectivity index (χ1) is 7.50. The van der Waals surface area contributed by atoms with Crippen LogP contribution < -0.4 is 5.32 Å². The summed E-state index contributed by atoms with van der Waals surface area (Å²) in [7, 11) is 1.58. The summed E-state index contributed by atoms with van der Waals surface area (Å²) in [5.74, 6) is -0.975. The van der Waals surface area contributed by atoms with E-state index in [9.17, 15) is 9.59 Å². The second-order valence-corrected chi connectivity index (χ2v) is 4.54. The van der Waals surface area contributed by atoms with Gasteiger partial charge in [-0.3, -0.25) is 9.59 Å². The maximum atomic E-state index is 11.9. The average molecular weight is 229 g/mol. The van der Waals surface area contributed by atoms with Crippen LogP contribution in [0, 0.1) is 5.41 Å². The van der Waals surface area contributed by atoms with Crippen LogP contribution in [0.3, 0.4) is 0 Å². The van der Waals surface area contributed by atoms with E-state index in [1.54, 1.807) is 14.0 Å². The Hall–Kier alpha value is -1.10. The molecule has 0 aromatic carbocycles. The zero-order valence-corrected chi connectivity index (χ0v) is 9.78. The topological polar surface area (TPSA) is 75.6 Å². The second kappa shape index (κ2) is 5.30. The highest BCUT2D eigenvalue weighted by atomic mass is 16.5. The molecule has 5 heteroatoms. The number of carbonyl (C=O) groups excluding carboxylic acids is 1. The van der Waals surface area contributed by atoms with Crippen LogP contribution in [0.5, 0.6) is 0 Å². The number of carboxylic acid groups (broad SMARTS) is 1. The molecular formula is C11H19NO4. The minimum atomic E-state index is -0.901. The molecule has 1 saturated carbocycles. The summed E-state index contributed by atoms with van der Waals surface area (Å²) >= 11 is 0. The minimum Gasteiger partial charge on any atom is -0.481 e. The fourth-order valence-corrected chi connectivity index (χ4v) is 2.01. The third-order valence-corrected chi connectivity index (χ3v) is 3.07. The Balaban J connectivity index is 2.46. The van der Waals surface area contributed by atoms with Gasteiger partial charge in [0.2, 0.25) is 5.91 Å². The van der Waals surface area contributed by atoms with Gasteiger partial charge in [0.05, 0.1) is 18.4 Å². The number of rotatable bonds is 6. The van der Waals surface area contributed by atoms with Crippen LogP contribution in [0.1, 0.15) is 32.6 Å². The van der Waals surface area contributed by atoms with Gasteiger partial charge in [0.15, 0.2) is 0 Å². The van der Waals surface area contributed by atoms with Gasteiger partial charge in [-0.2, -0.15) is 0 Å². The van der Waals surface area contributed by atoms with Crippen LogP contribution in [-0.4, -0.2) is 36.7 Å². The van der Waals surface area contributed by atoms with Gasteiger partial charge in [0.25, 0.3) is 0 Å². The smallest absolute Gasteiger partial charge is 0.305 e. The van der Waals surface area contributed by atoms with Gasteiger partial charge in [0.1, 0.15) is 0 Å². The molecule has 5 nitrogen and oxygen atoms in total. The van der Waals surface area contributed by atoms with Crippen molar-refractivity contribution >= 4 is 11.9 Å². The maximum absolute atomic E-state index is 11.9. The first kappa shape index (κ1) is 13.0. The number of hydrogen-bond acceptors (Lipinski definition) is 3. The molecule has 0 saturated heterocycles. The molecule has 0 aromatic heterocycles. The molecule has 0 bridgehead atoms. The highest BCUT2D eigenvalue weighted by Crippen LogP contribution is 2.41. The number of carboxylic acids is 1. The number of nitrogens with one attached hydrogen (secondary N) is 1. The van der Waals surface area contributed by atoms with Crippen LogP contribution in [0.15, 0.2) is 0 Å². The van der Waals surface area contributed by atoms with E-state index >= 15 is 0 Å². The fourth-order valence-electron chi connectivity index (χ4n) is 2.01. The third kappa shape index (κ3) is 2.95. The van der Waals surface area contributed by atoms with Gasteiger partial charge in [-0.1, -0.05) is 6.42 Å². The Labute approximate surface area is 95.2 Å². The standard InChI is InChI=1S/C11H19NO4/c1-8(6-9(13)14)12-10(15)11(7-16-2)4-3-5-11/h8H,3-7H2,1-2H3,(H,12,15)(H,13,14). The fraction of sp³-hybridized carbons (Fsp3) is 0.818. The minimum absolute atomic E-state index is 0.0468. The van der Waals surface area contributed by atoms with E-state index in [1.165, 1.54) is 0 Å². The van der Waals surface area contributed by atoms with Gasteiger partial charge in [0, 0.05) is 13.2 Å². The second-order valence-electron chi connectivity index (χ2n) is 4.54. The van der Waals surface area contributed by atoms with Crippen molar-refractivity contribution in [1.29, 1.82) is 0 Å². The summed E-state index contributed by atoms with van der Waals surface area (Å²) in [4.78, 5) is 22.4. The Bertz CT molecular complexity index is 273. The zero-order chi connectivity index (χ0) is 12.2. The lowest BCUT2D eigenvalue weighted by atomic mass is 9.68. The van der Waals surface area contributed by atoms with E-state index in [2.05, 4.69) is 5.32 Å². The SMILES string of the molecule is COCC1(C(=O)NC(C)CC(=O)O)CCC1. The van der Waals surface area contributed by atoms with Gasteiger partial charge >= 0.3 is 5.97 Å². The van der Waals surface area contributed by atoms with E-state index in [1.807, 2.05) is 0 Å². The first-order valence-electron chi connectivity index (χ1n) is 5.52. The molecule has 2 N–H and O–H groups in total. The van der Waals surface area contributed by atoms with Crippen molar-refractivity contribution in [2.75, 3.05) is 13.7 Å². The van der Waals surface area contributed by atoms with Gasteiger partial charge in [-0.15, -0.1) is 0 Å². The molecule has 0 heterocycles. The van der Waals surface area contributed by atoms with Crippen molar-refractivity contribution < 1.29 is 19.4 Å². The summed E-state index contributed by atoms with van der Waals surface area (Å²) < 4.78 is 5.06. The van der Waals surface area contributed by atoms with Gasteiger partial charge < -0.3 is 15.2 Å². The lowest BCUT2D eigenvalue weighted by molar-refractivity contribution is -0.142. The molecule has 1 unspecified atom stereocenters. The molecule has 92 valence electrons. The van der Waals surface area contributed by atoms with Crippen LogP contribution in [0.4, 0.5) is 0 Å². The summed E-state index contributed by atoms with van der Waals surface area (Å²) in [5, 5.41) is 11.3. The van der Waals surface area contributed by atoms with Crippen molar-refractivity contribution in [2.45, 2.75) is 38.6 Å². The molecule has 0 aromatic rings. The molecule has 0 radical (unpaired) electrons. The lowest BCUT2D eigenvalue weighted by Crippen LogP contribution is -2.51. The number of amides is 1. The molecule has 1 atom stereocenters. The third-order valence-electron chi connectivity index (χ3n) is 3.07. The summed E-state index contributed by atoms with van der Waals surface area (Å²) in [5.41, 5.74) is -0.415. The van der Waals surface area contributed by atoms with E-state index < -0.39 is 11.4 Å². The van der Waals surface area contributed by atoms with Crippen LogP contribution >= 0.6 is 0 Å². The number of aliphatic carboxylic acids is 1. The molecule has 1 amide bonds. The number of carbonyl (C=O) groups is 2. The number of methoxy groups -OCH3 is 1. The Kier molecular flexibility index (Phi) is 4.29. The summed E-state index contributed by atoms with van der Waals surface area (Å²) in [6.07, 6.45) is 2.64. The molecule has 1 fully saturated rings. The van der Waals surface area contributed by atoms with E-state index in [-0.39, 0.29) is 18.4 Å². The Morgan fingerprint density at radius 2 is 2.12 bits per heavy atom. The normalized spacial score (nSPS) is 19.6. The monoisotopic (exact) mass is 229 g/mol. The largest absolute Gasteiger partial charge is 0.481 e. The van der Waals surface area contributed by atoms with E-state index in [4.69, 9.17) is 9.84 Å². The molecule has 0 spiro atoms. The molecule has 16 heavy (non-hydrogen) atoms. The highest BCUT2D eigenvalue weighted by Gasteiger charge is 2.44. The quantitative estimate of drug-likeness (QED) is 0.705. The Morgan fingerprint density at radius 1 is 1.50 bits per heavy atom. The summed E-state index contributed by atoms with van der Waals surface area (Å²) in [6, 6.07) is -0.334. The van der Waals surface area contributed by atoms with Crippen molar-refractivity contribution in [2.24, 2.45) is 5.41 Å². The number of hydrogen-bond donors (Lipinski definition) is 2. The van der Waals surface area contributed by atoms with Gasteiger partial charge in [-0.05, 0) is 19.8 Å². The van der Waals surface area contributed by atoms with Crippen LogP contribution in [0.2, 0.25) is 0 Å². The van der Waals surface area contributed by atoms with E-state index in [0.717, 1.165) is 19.3 Å². The van der Waals surface area contributed by atoms with Crippen LogP contribution in [-0.2, 0) is 14.3 Å². The average Bonchev–Trinajstić information content (AvgIpc) is 2.09. The molecule has 1 aliphatic carbocycles. The maximum Gasteiger partial charge on any atom is 0.305 e. The lowest BCUT2D eigenvalue weighted by Gasteiger charge is -2.40. The Morgan fingerprint density at radius 3 is 2.50 bits per heavy atom. The van der Waals surface area contributed by atoms with Crippen molar-refractivity contribution in [1.82, 2.24) is 5.32 Å². The van der Waals surface area contributed by atoms with Crippen LogP contribution in [0.25, 0.3) is 0 Å². The van der Waals surface area contributed by atoms with Crippen molar-refractivity contribution in [3.8, 4) is 0 Å². The van der Waals surface area contributed by atoms with E-state index in [0.29, 0.717) is 6.61 Å². The van der Waals surface area contributed by atoms with Gasteiger partial charge in [-0.25, -0.2) is 0 Å². The van der Waals surface area contributed by atoms with Crippen molar-refractivity contribution in [3.63, 3.8) is 0 Å². The predicted octanol–water partition coefficient (Wildman–Crippen LogP) is 0.782. The molecule has 0 aliphatic heterocycles. The predicted molar refractivity (Wildman–Crippen MR) is 58.0 cm³/mol.